The van der Waals surface area contributed by atoms with Gasteiger partial charge in [0, 0.05) is 19.0 Å². The van der Waals surface area contributed by atoms with E-state index in [-0.39, 0.29) is 29.9 Å². The molecule has 0 aliphatic carbocycles. The summed E-state index contributed by atoms with van der Waals surface area (Å²) in [4.78, 5) is 49.6. The number of hydrogen-bond donors (Lipinski definition) is 1. The molecule has 0 bridgehead atoms. The van der Waals surface area contributed by atoms with Crippen molar-refractivity contribution in [1.29, 1.82) is 0 Å². The maximum Gasteiger partial charge on any atom is 0.306 e. The lowest BCUT2D eigenvalue weighted by Gasteiger charge is -2.07. The molecule has 3 rings (SSSR count). The zero-order valence-electron chi connectivity index (χ0n) is 19.2. The number of aromatic nitrogens is 2. The van der Waals surface area contributed by atoms with Crippen LogP contribution in [-0.4, -0.2) is 33.6 Å². The summed E-state index contributed by atoms with van der Waals surface area (Å²) in [6, 6.07) is 14.6. The number of carbonyl (C=O) groups is 3. The van der Waals surface area contributed by atoms with Crippen molar-refractivity contribution in [3.63, 3.8) is 0 Å². The topological polar surface area (TPSA) is 99.4 Å². The number of ether oxygens (including phenoxy) is 1. The Labute approximate surface area is 191 Å². The average Bonchev–Trinajstić information content (AvgIpc) is 3.01. The zero-order valence-corrected chi connectivity index (χ0v) is 19.2. The van der Waals surface area contributed by atoms with E-state index in [0.29, 0.717) is 16.9 Å². The Balaban J connectivity index is 1.56. The lowest BCUT2D eigenvalue weighted by Crippen LogP contribution is -2.26. The number of benzene rings is 2. The van der Waals surface area contributed by atoms with E-state index in [1.807, 2.05) is 44.2 Å². The highest BCUT2D eigenvalue weighted by atomic mass is 16.5. The van der Waals surface area contributed by atoms with E-state index in [9.17, 15) is 19.2 Å². The van der Waals surface area contributed by atoms with Gasteiger partial charge in [0.1, 0.15) is 5.69 Å². The third-order valence-corrected chi connectivity index (χ3v) is 5.43. The number of anilines is 1. The van der Waals surface area contributed by atoms with Gasteiger partial charge in [-0.3, -0.25) is 23.9 Å². The number of ketones is 1. The second kappa shape index (κ2) is 10.1. The molecular weight excluding hydrogens is 422 g/mol. The fraction of sp³-hybridized carbons (Fsp3) is 0.280. The van der Waals surface area contributed by atoms with Crippen LogP contribution in [0.4, 0.5) is 5.69 Å². The minimum Gasteiger partial charge on any atom is -0.456 e. The highest BCUT2D eigenvalue weighted by molar-refractivity contribution is 5.99. The normalized spacial score (nSPS) is 10.7. The van der Waals surface area contributed by atoms with E-state index in [0.717, 1.165) is 11.1 Å². The highest BCUT2D eigenvalue weighted by Crippen LogP contribution is 2.15. The van der Waals surface area contributed by atoms with Gasteiger partial charge < -0.3 is 10.1 Å². The molecule has 1 heterocycles. The predicted molar refractivity (Wildman–Crippen MR) is 125 cm³/mol. The van der Waals surface area contributed by atoms with Crippen LogP contribution < -0.4 is 10.9 Å². The molecule has 0 aliphatic heterocycles. The molecule has 172 valence electrons. The van der Waals surface area contributed by atoms with Crippen molar-refractivity contribution in [3.05, 3.63) is 81.3 Å². The third kappa shape index (κ3) is 5.46. The lowest BCUT2D eigenvalue weighted by molar-refractivity contribution is -0.147. The number of aryl methyl sites for hydroxylation is 2. The van der Waals surface area contributed by atoms with Crippen LogP contribution in [0.25, 0.3) is 5.69 Å². The quantitative estimate of drug-likeness (QED) is 0.420. The molecule has 0 radical (unpaired) electrons. The van der Waals surface area contributed by atoms with E-state index in [4.69, 9.17) is 4.74 Å². The maximum absolute atomic E-state index is 12.8. The minimum absolute atomic E-state index is 0.00960. The molecule has 3 aromatic rings. The summed E-state index contributed by atoms with van der Waals surface area (Å²) in [5, 5.41) is 2.53. The van der Waals surface area contributed by atoms with Crippen molar-refractivity contribution in [2.45, 2.75) is 33.6 Å². The second-order valence-electron chi connectivity index (χ2n) is 7.89. The van der Waals surface area contributed by atoms with E-state index >= 15 is 0 Å². The molecule has 0 unspecified atom stereocenters. The zero-order chi connectivity index (χ0) is 24.1. The summed E-state index contributed by atoms with van der Waals surface area (Å²) in [6.07, 6.45) is -0.144. The Morgan fingerprint density at radius 1 is 0.970 bits per heavy atom. The van der Waals surface area contributed by atoms with Crippen molar-refractivity contribution in [2.24, 2.45) is 7.05 Å². The van der Waals surface area contributed by atoms with Gasteiger partial charge in [-0.05, 0) is 44.5 Å². The first-order chi connectivity index (χ1) is 15.7. The van der Waals surface area contributed by atoms with Crippen molar-refractivity contribution in [1.82, 2.24) is 9.36 Å². The van der Waals surface area contributed by atoms with E-state index < -0.39 is 18.5 Å². The van der Waals surface area contributed by atoms with E-state index in [1.165, 1.54) is 4.68 Å². The molecule has 0 saturated carbocycles. The van der Waals surface area contributed by atoms with Gasteiger partial charge in [0.25, 0.3) is 11.5 Å². The number of esters is 1. The Kier molecular flexibility index (Phi) is 7.27. The molecule has 0 fully saturated rings. The SMILES string of the molecule is Cc1ccc(C)c(C(=O)CCC(=O)OCC(=O)Nc2c(C)n(C)n(-c3ccccc3)c2=O)c1. The molecule has 1 amide bonds. The molecular formula is C25H27N3O5. The van der Waals surface area contributed by atoms with Crippen molar-refractivity contribution < 1.29 is 19.1 Å². The summed E-state index contributed by atoms with van der Waals surface area (Å²) >= 11 is 0. The number of nitrogens with one attached hydrogen (secondary N) is 1. The van der Waals surface area contributed by atoms with Gasteiger partial charge >= 0.3 is 5.97 Å². The smallest absolute Gasteiger partial charge is 0.306 e. The van der Waals surface area contributed by atoms with E-state index in [1.54, 1.807) is 36.9 Å². The Morgan fingerprint density at radius 2 is 1.67 bits per heavy atom. The standard InChI is InChI=1S/C25H27N3O5/c1-16-10-11-17(2)20(14-16)21(29)12-13-23(31)33-15-22(30)26-24-18(3)27(4)28(25(24)32)19-8-6-5-7-9-19/h5-11,14H,12-13,15H2,1-4H3,(H,26,30). The monoisotopic (exact) mass is 449 g/mol. The molecule has 8 nitrogen and oxygen atoms in total. The summed E-state index contributed by atoms with van der Waals surface area (Å²) in [6.45, 7) is 4.90. The first kappa shape index (κ1) is 23.7. The van der Waals surface area contributed by atoms with Crippen LogP contribution in [-0.2, 0) is 21.4 Å². The lowest BCUT2D eigenvalue weighted by atomic mass is 9.99. The summed E-state index contributed by atoms with van der Waals surface area (Å²) < 4.78 is 8.08. The van der Waals surface area contributed by atoms with Gasteiger partial charge in [-0.1, -0.05) is 35.9 Å². The van der Waals surface area contributed by atoms with Crippen LogP contribution >= 0.6 is 0 Å². The van der Waals surface area contributed by atoms with Crippen LogP contribution in [0.15, 0.2) is 53.3 Å². The number of rotatable bonds is 8. The number of para-hydroxylation sites is 1. The second-order valence-corrected chi connectivity index (χ2v) is 7.89. The highest BCUT2D eigenvalue weighted by Gasteiger charge is 2.19. The molecule has 0 aliphatic rings. The van der Waals surface area contributed by atoms with Crippen LogP contribution in [0.2, 0.25) is 0 Å². The Morgan fingerprint density at radius 3 is 2.36 bits per heavy atom. The van der Waals surface area contributed by atoms with Crippen LogP contribution in [0, 0.1) is 20.8 Å². The predicted octanol–water partition coefficient (Wildman–Crippen LogP) is 3.25. The van der Waals surface area contributed by atoms with Crippen molar-refractivity contribution >= 4 is 23.3 Å². The van der Waals surface area contributed by atoms with Crippen LogP contribution in [0.5, 0.6) is 0 Å². The number of Topliss-reactive ketones (excluding diaryl/α,β-unsaturated/α-hetero) is 1. The molecule has 2 aromatic carbocycles. The minimum atomic E-state index is -0.657. The first-order valence-corrected chi connectivity index (χ1v) is 10.6. The Hall–Kier alpha value is -3.94. The number of nitrogens with zero attached hydrogens (tertiary/aromatic N) is 2. The Bertz CT molecular complexity index is 1260. The number of amides is 1. The van der Waals surface area contributed by atoms with Gasteiger partial charge in [0.15, 0.2) is 12.4 Å². The molecule has 0 atom stereocenters. The summed E-state index contributed by atoms with van der Waals surface area (Å²) in [5.74, 6) is -1.44. The largest absolute Gasteiger partial charge is 0.456 e. The molecule has 33 heavy (non-hydrogen) atoms. The van der Waals surface area contributed by atoms with Gasteiger partial charge in [-0.25, -0.2) is 4.68 Å². The van der Waals surface area contributed by atoms with Gasteiger partial charge in [-0.2, -0.15) is 0 Å². The molecule has 8 heteroatoms. The fourth-order valence-corrected chi connectivity index (χ4v) is 3.49. The van der Waals surface area contributed by atoms with Gasteiger partial charge in [-0.15, -0.1) is 0 Å². The molecule has 0 spiro atoms. The summed E-state index contributed by atoms with van der Waals surface area (Å²) in [5.41, 5.74) is 3.34. The van der Waals surface area contributed by atoms with E-state index in [2.05, 4.69) is 5.32 Å². The van der Waals surface area contributed by atoms with Crippen molar-refractivity contribution in [2.75, 3.05) is 11.9 Å². The van der Waals surface area contributed by atoms with Gasteiger partial charge in [0.05, 0.1) is 17.8 Å². The van der Waals surface area contributed by atoms with Crippen molar-refractivity contribution in [3.8, 4) is 5.69 Å². The van der Waals surface area contributed by atoms with Crippen LogP contribution in [0.3, 0.4) is 0 Å². The average molecular weight is 450 g/mol. The molecule has 0 saturated heterocycles. The first-order valence-electron chi connectivity index (χ1n) is 10.6. The molecule has 1 aromatic heterocycles. The fourth-order valence-electron chi connectivity index (χ4n) is 3.49. The number of carbonyl (C=O) groups excluding carboxylic acids is 3. The summed E-state index contributed by atoms with van der Waals surface area (Å²) in [7, 11) is 1.71. The third-order valence-electron chi connectivity index (χ3n) is 5.43. The van der Waals surface area contributed by atoms with Crippen LogP contribution in [0.1, 0.15) is 40.0 Å². The molecule has 1 N–H and O–H groups in total. The van der Waals surface area contributed by atoms with Gasteiger partial charge in [0.2, 0.25) is 0 Å². The number of hydrogen-bond acceptors (Lipinski definition) is 5. The maximum atomic E-state index is 12.8.